The van der Waals surface area contributed by atoms with Gasteiger partial charge in [0.15, 0.2) is 23.0 Å². The number of benzene rings is 3. The standard InChI is InChI=1S/C47H58N4O4/c1-8-9-36-24-37(26-44(52-4)46(36)54-6)39-22-34(28-48-29-39)31-51(40-14-10-32(2)11-15-40)41-17-20-50(21-18-41)30-33-16-19-49(3)43(23-33)38-25-42(35-12-13-35)47(55-7)45(27-38)53-5/h10-11,14-16,19,22-29,35,41,43H,8-9,12-13,17-18,20-21,30-31H2,1-7H3. The summed E-state index contributed by atoms with van der Waals surface area (Å²) >= 11 is 0. The number of piperidine rings is 1. The van der Waals surface area contributed by atoms with Crippen molar-refractivity contribution in [3.05, 3.63) is 119 Å². The molecule has 1 aliphatic carbocycles. The van der Waals surface area contributed by atoms with Crippen LogP contribution in [0, 0.1) is 6.92 Å². The van der Waals surface area contributed by atoms with Crippen molar-refractivity contribution in [1.82, 2.24) is 14.8 Å². The molecule has 4 aromatic rings. The van der Waals surface area contributed by atoms with Crippen molar-refractivity contribution >= 4 is 5.69 Å². The Kier molecular flexibility index (Phi) is 12.0. The number of likely N-dealkylation sites (N-methyl/N-ethyl adjacent to an activating group) is 1. The Morgan fingerprint density at radius 1 is 0.800 bits per heavy atom. The van der Waals surface area contributed by atoms with E-state index < -0.39 is 0 Å². The van der Waals surface area contributed by atoms with Gasteiger partial charge in [-0.3, -0.25) is 9.88 Å². The van der Waals surface area contributed by atoms with E-state index in [0.29, 0.717) is 12.0 Å². The zero-order valence-electron chi connectivity index (χ0n) is 33.8. The van der Waals surface area contributed by atoms with E-state index >= 15 is 0 Å². The first-order valence-electron chi connectivity index (χ1n) is 19.9. The first-order chi connectivity index (χ1) is 26.8. The molecule has 0 amide bonds. The van der Waals surface area contributed by atoms with Crippen molar-refractivity contribution < 1.29 is 18.9 Å². The molecule has 2 fully saturated rings. The average Bonchev–Trinajstić information content (AvgIpc) is 4.07. The summed E-state index contributed by atoms with van der Waals surface area (Å²) < 4.78 is 23.2. The zero-order valence-corrected chi connectivity index (χ0v) is 33.8. The van der Waals surface area contributed by atoms with Gasteiger partial charge in [0.05, 0.1) is 34.5 Å². The molecule has 3 heterocycles. The summed E-state index contributed by atoms with van der Waals surface area (Å²) in [6.07, 6.45) is 17.5. The zero-order chi connectivity index (χ0) is 38.5. The molecule has 55 heavy (non-hydrogen) atoms. The van der Waals surface area contributed by atoms with E-state index in [0.717, 1.165) is 91.6 Å². The van der Waals surface area contributed by atoms with Crippen LogP contribution in [0.15, 0.2) is 90.9 Å². The third kappa shape index (κ3) is 8.65. The van der Waals surface area contributed by atoms with Gasteiger partial charge in [-0.2, -0.15) is 0 Å². The number of hydrogen-bond donors (Lipinski definition) is 0. The molecule has 7 rings (SSSR count). The SMILES string of the molecule is CCCc1cc(-c2cncc(CN(c3ccc(C)cc3)C3CCN(CC4=CC(c5cc(OC)c(OC)c(C6CC6)c5)N(C)C=C4)CC3)c2)cc(OC)c1OC. The molecule has 0 N–H and O–H groups in total. The highest BCUT2D eigenvalue weighted by atomic mass is 16.5. The number of hydrogen-bond acceptors (Lipinski definition) is 8. The van der Waals surface area contributed by atoms with Gasteiger partial charge in [0, 0.05) is 68.5 Å². The van der Waals surface area contributed by atoms with Crippen molar-refractivity contribution in [3.8, 4) is 34.1 Å². The van der Waals surface area contributed by atoms with Gasteiger partial charge in [-0.1, -0.05) is 37.1 Å². The molecule has 1 aromatic heterocycles. The van der Waals surface area contributed by atoms with E-state index in [1.807, 2.05) is 12.4 Å². The predicted octanol–water partition coefficient (Wildman–Crippen LogP) is 9.52. The van der Waals surface area contributed by atoms with Gasteiger partial charge in [0.2, 0.25) is 0 Å². The summed E-state index contributed by atoms with van der Waals surface area (Å²) in [5, 5.41) is 0. The van der Waals surface area contributed by atoms with E-state index in [-0.39, 0.29) is 6.04 Å². The van der Waals surface area contributed by atoms with Crippen molar-refractivity contribution in [3.63, 3.8) is 0 Å². The first kappa shape index (κ1) is 38.3. The molecule has 1 saturated heterocycles. The molecule has 1 unspecified atom stereocenters. The Labute approximate surface area is 328 Å². The molecule has 0 radical (unpaired) electrons. The molecule has 3 aliphatic rings. The van der Waals surface area contributed by atoms with Crippen LogP contribution in [-0.4, -0.2) is 75.9 Å². The quantitative estimate of drug-likeness (QED) is 0.119. The van der Waals surface area contributed by atoms with Crippen molar-refractivity contribution in [2.75, 3.05) is 60.0 Å². The summed E-state index contributed by atoms with van der Waals surface area (Å²) in [4.78, 5) is 12.3. The minimum Gasteiger partial charge on any atom is -0.493 e. The summed E-state index contributed by atoms with van der Waals surface area (Å²) in [5.74, 6) is 3.85. The molecular weight excluding hydrogens is 685 g/mol. The number of likely N-dealkylation sites (tertiary alicyclic amines) is 1. The number of nitrogens with zero attached hydrogens (tertiary/aromatic N) is 4. The second kappa shape index (κ2) is 17.2. The van der Waals surface area contributed by atoms with E-state index in [1.54, 1.807) is 28.4 Å². The highest BCUT2D eigenvalue weighted by Gasteiger charge is 2.31. The lowest BCUT2D eigenvalue weighted by Gasteiger charge is -2.40. The van der Waals surface area contributed by atoms with Gasteiger partial charge < -0.3 is 28.7 Å². The predicted molar refractivity (Wildman–Crippen MR) is 223 cm³/mol. The third-order valence-electron chi connectivity index (χ3n) is 11.5. The maximum atomic E-state index is 5.82. The number of methoxy groups -OCH3 is 4. The Morgan fingerprint density at radius 2 is 1.53 bits per heavy atom. The maximum Gasteiger partial charge on any atom is 0.164 e. The van der Waals surface area contributed by atoms with E-state index in [9.17, 15) is 0 Å². The van der Waals surface area contributed by atoms with E-state index in [2.05, 4.69) is 109 Å². The van der Waals surface area contributed by atoms with Crippen LogP contribution in [0.1, 0.15) is 78.8 Å². The maximum absolute atomic E-state index is 5.82. The van der Waals surface area contributed by atoms with Crippen molar-refractivity contribution in [1.29, 1.82) is 0 Å². The largest absolute Gasteiger partial charge is 0.493 e. The normalized spacial score (nSPS) is 17.5. The first-order valence-corrected chi connectivity index (χ1v) is 19.9. The summed E-state index contributed by atoms with van der Waals surface area (Å²) in [7, 11) is 9.08. The number of ether oxygens (including phenoxy) is 4. The Morgan fingerprint density at radius 3 is 2.20 bits per heavy atom. The van der Waals surface area contributed by atoms with Crippen molar-refractivity contribution in [2.24, 2.45) is 0 Å². The van der Waals surface area contributed by atoms with Crippen LogP contribution in [0.2, 0.25) is 0 Å². The Bertz CT molecular complexity index is 2000. The summed E-state index contributed by atoms with van der Waals surface area (Å²) in [5.41, 5.74) is 11.0. The fourth-order valence-electron chi connectivity index (χ4n) is 8.41. The van der Waals surface area contributed by atoms with Crippen LogP contribution < -0.4 is 23.8 Å². The molecule has 0 bridgehead atoms. The molecule has 1 atom stereocenters. The molecule has 0 spiro atoms. The molecule has 2 aliphatic heterocycles. The summed E-state index contributed by atoms with van der Waals surface area (Å²) in [6, 6.07) is 20.7. The fourth-order valence-corrected chi connectivity index (χ4v) is 8.41. The van der Waals surface area contributed by atoms with Gasteiger partial charge in [0.1, 0.15) is 0 Å². The van der Waals surface area contributed by atoms with E-state index in [1.165, 1.54) is 46.4 Å². The molecular formula is C47H58N4O4. The highest BCUT2D eigenvalue weighted by molar-refractivity contribution is 5.69. The van der Waals surface area contributed by atoms with Gasteiger partial charge in [-0.05, 0) is 128 Å². The Balaban J connectivity index is 1.07. The number of aryl methyl sites for hydroxylation is 2. The number of pyridine rings is 1. The topological polar surface area (TPSA) is 59.5 Å². The van der Waals surface area contributed by atoms with Crippen LogP contribution in [0.25, 0.3) is 11.1 Å². The number of rotatable bonds is 15. The molecule has 3 aromatic carbocycles. The average molecular weight is 743 g/mol. The van der Waals surface area contributed by atoms with Crippen LogP contribution in [0.5, 0.6) is 23.0 Å². The highest BCUT2D eigenvalue weighted by Crippen LogP contribution is 2.49. The molecule has 8 heteroatoms. The molecule has 1 saturated carbocycles. The lowest BCUT2D eigenvalue weighted by atomic mass is 9.95. The second-order valence-electron chi connectivity index (χ2n) is 15.5. The smallest absolute Gasteiger partial charge is 0.164 e. The monoisotopic (exact) mass is 742 g/mol. The fraction of sp³-hybridized carbons (Fsp3) is 0.426. The van der Waals surface area contributed by atoms with Crippen LogP contribution in [0.3, 0.4) is 0 Å². The van der Waals surface area contributed by atoms with Crippen molar-refractivity contribution in [2.45, 2.75) is 76.9 Å². The second-order valence-corrected chi connectivity index (χ2v) is 15.5. The number of aromatic nitrogens is 1. The Hall–Kier alpha value is -4.95. The minimum absolute atomic E-state index is 0.147. The molecule has 290 valence electrons. The van der Waals surface area contributed by atoms with Crippen LogP contribution in [0.4, 0.5) is 5.69 Å². The summed E-state index contributed by atoms with van der Waals surface area (Å²) in [6.45, 7) is 8.17. The van der Waals surface area contributed by atoms with Gasteiger partial charge >= 0.3 is 0 Å². The van der Waals surface area contributed by atoms with Gasteiger partial charge in [-0.25, -0.2) is 0 Å². The molecule has 8 nitrogen and oxygen atoms in total. The van der Waals surface area contributed by atoms with Crippen LogP contribution in [-0.2, 0) is 13.0 Å². The minimum atomic E-state index is 0.147. The van der Waals surface area contributed by atoms with Gasteiger partial charge in [0.25, 0.3) is 0 Å². The third-order valence-corrected chi connectivity index (χ3v) is 11.5. The van der Waals surface area contributed by atoms with E-state index in [4.69, 9.17) is 23.9 Å². The van der Waals surface area contributed by atoms with Gasteiger partial charge in [-0.15, -0.1) is 0 Å². The lowest BCUT2D eigenvalue weighted by Crippen LogP contribution is -2.45. The number of anilines is 1. The van der Waals surface area contributed by atoms with Crippen LogP contribution >= 0.6 is 0 Å². The lowest BCUT2D eigenvalue weighted by molar-refractivity contribution is 0.223.